The maximum absolute atomic E-state index is 11.2. The summed E-state index contributed by atoms with van der Waals surface area (Å²) in [5.41, 5.74) is 1.77. The molecule has 0 aliphatic rings. The summed E-state index contributed by atoms with van der Waals surface area (Å²) in [4.78, 5) is 0.833. The van der Waals surface area contributed by atoms with Crippen molar-refractivity contribution in [2.24, 2.45) is 0 Å². The number of nitrogens with zero attached hydrogens (tertiary/aromatic N) is 3. The van der Waals surface area contributed by atoms with Crippen molar-refractivity contribution in [2.45, 2.75) is 0 Å². The van der Waals surface area contributed by atoms with E-state index in [0.29, 0.717) is 16.4 Å². The third-order valence-electron chi connectivity index (χ3n) is 2.05. The quantitative estimate of drug-likeness (QED) is 0.809. The first-order valence-corrected chi connectivity index (χ1v) is 6.08. The van der Waals surface area contributed by atoms with Crippen LogP contribution in [0.15, 0.2) is 36.8 Å². The predicted molar refractivity (Wildman–Crippen MR) is 63.3 cm³/mol. The molecule has 17 heavy (non-hydrogen) atoms. The van der Waals surface area contributed by atoms with E-state index >= 15 is 0 Å². The Morgan fingerprint density at radius 1 is 1.35 bits per heavy atom. The number of aromatic nitrogens is 3. The molecule has 6 nitrogen and oxygen atoms in total. The van der Waals surface area contributed by atoms with Gasteiger partial charge in [0.05, 0.1) is 5.41 Å². The van der Waals surface area contributed by atoms with Crippen LogP contribution in [0.4, 0.5) is 0 Å². The van der Waals surface area contributed by atoms with Gasteiger partial charge in [0.25, 0.3) is 0 Å². The van der Waals surface area contributed by atoms with Gasteiger partial charge in [0.15, 0.2) is 0 Å². The summed E-state index contributed by atoms with van der Waals surface area (Å²) in [7, 11) is -3.85. The predicted octanol–water partition coefficient (Wildman–Crippen LogP) is 0.976. The monoisotopic (exact) mass is 251 g/mol. The number of hydrogen-bond acceptors (Lipinski definition) is 5. The van der Waals surface area contributed by atoms with Crippen LogP contribution in [0.5, 0.6) is 0 Å². The molecule has 1 aromatic carbocycles. The van der Waals surface area contributed by atoms with Gasteiger partial charge < -0.3 is 0 Å². The van der Waals surface area contributed by atoms with E-state index in [4.69, 9.17) is 0 Å². The van der Waals surface area contributed by atoms with Crippen molar-refractivity contribution in [3.8, 4) is 0 Å². The van der Waals surface area contributed by atoms with Gasteiger partial charge in [0.1, 0.15) is 11.0 Å². The summed E-state index contributed by atoms with van der Waals surface area (Å²) in [6, 6.07) is 5.15. The summed E-state index contributed by atoms with van der Waals surface area (Å²) in [5.74, 6) is 0. The second-order valence-corrected chi connectivity index (χ2v) is 4.62. The van der Waals surface area contributed by atoms with Crippen LogP contribution in [0.25, 0.3) is 17.1 Å². The molecule has 2 aromatic rings. The lowest BCUT2D eigenvalue weighted by atomic mass is 10.2. The van der Waals surface area contributed by atoms with E-state index in [2.05, 4.69) is 27.8 Å². The fourth-order valence-electron chi connectivity index (χ4n) is 1.23. The third-order valence-corrected chi connectivity index (χ3v) is 2.81. The third kappa shape index (κ3) is 2.18. The maximum atomic E-state index is 11.2. The minimum absolute atomic E-state index is 0.438. The van der Waals surface area contributed by atoms with E-state index in [-0.39, 0.29) is 0 Å². The minimum atomic E-state index is -3.85. The Kier molecular flexibility index (Phi) is 2.68. The summed E-state index contributed by atoms with van der Waals surface area (Å²) >= 11 is 0. The van der Waals surface area contributed by atoms with Gasteiger partial charge in [-0.1, -0.05) is 30.1 Å². The Morgan fingerprint density at radius 3 is 2.76 bits per heavy atom. The number of rotatable bonds is 4. The molecule has 0 amide bonds. The molecule has 0 unspecified atom stereocenters. The SMILES string of the molecule is C=Cc1ccc2nnn(OS(=O)(=O)C=C)c2c1. The lowest BCUT2D eigenvalue weighted by Gasteiger charge is -2.01. The fraction of sp³-hybridized carbons (Fsp3) is 0. The lowest BCUT2D eigenvalue weighted by Crippen LogP contribution is -2.18. The standard InChI is InChI=1S/C10H9N3O3S/c1-3-8-5-6-9-10(7-8)13(12-11-9)16-17(14,15)4-2/h3-7H,1-2H2. The molecule has 2 rings (SSSR count). The van der Waals surface area contributed by atoms with E-state index < -0.39 is 10.1 Å². The Balaban J connectivity index is 2.55. The number of benzene rings is 1. The average Bonchev–Trinajstić information content (AvgIpc) is 2.71. The van der Waals surface area contributed by atoms with Gasteiger partial charge in [0.2, 0.25) is 0 Å². The van der Waals surface area contributed by atoms with Crippen LogP contribution < -0.4 is 4.28 Å². The molecule has 0 atom stereocenters. The van der Waals surface area contributed by atoms with Crippen molar-refractivity contribution in [1.82, 2.24) is 15.2 Å². The summed E-state index contributed by atoms with van der Waals surface area (Å²) in [5, 5.41) is 8.05. The Hall–Kier alpha value is -2.15. The summed E-state index contributed by atoms with van der Waals surface area (Å²) in [6.45, 7) is 6.75. The first kappa shape index (κ1) is 11.3. The van der Waals surface area contributed by atoms with Crippen LogP contribution in [0.2, 0.25) is 0 Å². The van der Waals surface area contributed by atoms with Crippen molar-refractivity contribution in [3.05, 3.63) is 42.3 Å². The molecule has 0 aliphatic heterocycles. The van der Waals surface area contributed by atoms with Crippen molar-refractivity contribution in [3.63, 3.8) is 0 Å². The van der Waals surface area contributed by atoms with Crippen LogP contribution in [0.3, 0.4) is 0 Å². The zero-order chi connectivity index (χ0) is 12.5. The van der Waals surface area contributed by atoms with Gasteiger partial charge in [-0.2, -0.15) is 8.42 Å². The van der Waals surface area contributed by atoms with Crippen LogP contribution in [0.1, 0.15) is 5.56 Å². The average molecular weight is 251 g/mol. The molecule has 0 spiro atoms. The van der Waals surface area contributed by atoms with Gasteiger partial charge in [0, 0.05) is 0 Å². The maximum Gasteiger partial charge on any atom is 0.350 e. The van der Waals surface area contributed by atoms with E-state index in [1.165, 1.54) is 0 Å². The minimum Gasteiger partial charge on any atom is -0.264 e. The van der Waals surface area contributed by atoms with Crippen molar-refractivity contribution in [2.75, 3.05) is 0 Å². The molecule has 0 radical (unpaired) electrons. The van der Waals surface area contributed by atoms with Gasteiger partial charge in [-0.25, -0.2) is 0 Å². The molecule has 0 fully saturated rings. The molecule has 0 bridgehead atoms. The molecule has 0 aliphatic carbocycles. The highest BCUT2D eigenvalue weighted by Crippen LogP contribution is 2.13. The zero-order valence-electron chi connectivity index (χ0n) is 8.78. The Labute approximate surface area is 97.9 Å². The molecule has 0 N–H and O–H groups in total. The fourth-order valence-corrected chi connectivity index (χ4v) is 1.59. The van der Waals surface area contributed by atoms with E-state index in [0.717, 1.165) is 10.4 Å². The molecule has 0 saturated heterocycles. The van der Waals surface area contributed by atoms with Crippen molar-refractivity contribution >= 4 is 27.2 Å². The van der Waals surface area contributed by atoms with Gasteiger partial charge in [-0.15, -0.1) is 5.10 Å². The number of hydrogen-bond donors (Lipinski definition) is 0. The number of fused-ring (bicyclic) bond motifs is 1. The molecule has 7 heteroatoms. The van der Waals surface area contributed by atoms with Crippen LogP contribution >= 0.6 is 0 Å². The molecule has 0 saturated carbocycles. The lowest BCUT2D eigenvalue weighted by molar-refractivity contribution is 0.249. The molecule has 1 aromatic heterocycles. The first-order valence-electron chi connectivity index (χ1n) is 4.61. The highest BCUT2D eigenvalue weighted by atomic mass is 32.2. The molecular weight excluding hydrogens is 242 g/mol. The normalized spacial score (nSPS) is 11.3. The topological polar surface area (TPSA) is 74.1 Å². The molecule has 1 heterocycles. The van der Waals surface area contributed by atoms with Crippen LogP contribution in [-0.4, -0.2) is 23.6 Å². The van der Waals surface area contributed by atoms with Crippen LogP contribution in [0, 0.1) is 0 Å². The molecule has 88 valence electrons. The summed E-state index contributed by atoms with van der Waals surface area (Å²) < 4.78 is 27.1. The van der Waals surface area contributed by atoms with Crippen molar-refractivity contribution in [1.29, 1.82) is 0 Å². The van der Waals surface area contributed by atoms with Crippen LogP contribution in [-0.2, 0) is 10.1 Å². The van der Waals surface area contributed by atoms with Gasteiger partial charge in [-0.05, 0) is 22.9 Å². The van der Waals surface area contributed by atoms with E-state index in [1.54, 1.807) is 24.3 Å². The second-order valence-electron chi connectivity index (χ2n) is 3.15. The van der Waals surface area contributed by atoms with Gasteiger partial charge in [-0.3, -0.25) is 4.28 Å². The van der Waals surface area contributed by atoms with Gasteiger partial charge >= 0.3 is 10.1 Å². The highest BCUT2D eigenvalue weighted by Gasteiger charge is 2.12. The van der Waals surface area contributed by atoms with Crippen molar-refractivity contribution < 1.29 is 12.7 Å². The Bertz CT molecular complexity index is 688. The zero-order valence-corrected chi connectivity index (χ0v) is 9.59. The molecular formula is C10H9N3O3S. The second kappa shape index (κ2) is 4.02. The van der Waals surface area contributed by atoms with E-state index in [1.807, 2.05) is 0 Å². The highest BCUT2D eigenvalue weighted by molar-refractivity contribution is 7.89. The first-order chi connectivity index (χ1) is 8.05. The smallest absolute Gasteiger partial charge is 0.264 e. The summed E-state index contributed by atoms with van der Waals surface area (Å²) in [6.07, 6.45) is 1.62. The Morgan fingerprint density at radius 2 is 2.12 bits per heavy atom. The largest absolute Gasteiger partial charge is 0.350 e. The van der Waals surface area contributed by atoms with E-state index in [9.17, 15) is 8.42 Å².